The number of hydrogen-bond acceptors (Lipinski definition) is 2. The highest BCUT2D eigenvalue weighted by molar-refractivity contribution is 9.13. The Morgan fingerprint density at radius 2 is 1.08 bits per heavy atom. The first-order valence-electron chi connectivity index (χ1n) is 8.04. The molecule has 0 bridgehead atoms. The van der Waals surface area contributed by atoms with Crippen LogP contribution in [0.4, 0.5) is 0 Å². The van der Waals surface area contributed by atoms with E-state index in [1.807, 2.05) is 22.7 Å². The van der Waals surface area contributed by atoms with Gasteiger partial charge in [0.15, 0.2) is 0 Å². The predicted octanol–water partition coefficient (Wildman–Crippen LogP) is 8.92. The first-order chi connectivity index (χ1) is 11.4. The molecule has 2 aromatic heterocycles. The van der Waals surface area contributed by atoms with Crippen molar-refractivity contribution in [1.29, 1.82) is 0 Å². The van der Waals surface area contributed by atoms with Crippen molar-refractivity contribution < 1.29 is 0 Å². The first-order valence-corrected chi connectivity index (χ1v) is 11.4. The van der Waals surface area contributed by atoms with E-state index in [2.05, 4.69) is 94.6 Å². The molecule has 0 saturated carbocycles. The van der Waals surface area contributed by atoms with Gasteiger partial charge in [0.25, 0.3) is 0 Å². The standard InChI is InChI=1S/C20H20Br2S2/c1-11(2)17-7-13(9-23-17)15-5-6-16(20(22)19(15)21)14-8-18(12(3)4)24-10-14/h5-12H,1-4H3. The predicted molar refractivity (Wildman–Crippen MR) is 117 cm³/mol. The van der Waals surface area contributed by atoms with Gasteiger partial charge in [0.2, 0.25) is 0 Å². The van der Waals surface area contributed by atoms with E-state index in [4.69, 9.17) is 0 Å². The van der Waals surface area contributed by atoms with Crippen molar-refractivity contribution in [3.8, 4) is 22.3 Å². The van der Waals surface area contributed by atoms with Crippen LogP contribution in [0.25, 0.3) is 22.3 Å². The molecular formula is C20H20Br2S2. The summed E-state index contributed by atoms with van der Waals surface area (Å²) in [6.45, 7) is 8.97. The number of benzene rings is 1. The molecule has 0 spiro atoms. The molecule has 0 aliphatic rings. The fraction of sp³-hybridized carbons (Fsp3) is 0.300. The Bertz CT molecular complexity index is 785. The van der Waals surface area contributed by atoms with E-state index >= 15 is 0 Å². The molecule has 0 atom stereocenters. The molecule has 0 unspecified atom stereocenters. The van der Waals surface area contributed by atoms with Crippen molar-refractivity contribution in [3.05, 3.63) is 53.7 Å². The lowest BCUT2D eigenvalue weighted by molar-refractivity contribution is 0.890. The van der Waals surface area contributed by atoms with Crippen molar-refractivity contribution in [1.82, 2.24) is 0 Å². The second kappa shape index (κ2) is 7.45. The summed E-state index contributed by atoms with van der Waals surface area (Å²) in [5, 5.41) is 4.51. The maximum absolute atomic E-state index is 3.81. The van der Waals surface area contributed by atoms with Crippen LogP contribution in [-0.4, -0.2) is 0 Å². The minimum atomic E-state index is 0.575. The zero-order valence-corrected chi connectivity index (χ0v) is 19.0. The highest BCUT2D eigenvalue weighted by Crippen LogP contribution is 2.43. The maximum Gasteiger partial charge on any atom is 0.0402 e. The fourth-order valence-electron chi connectivity index (χ4n) is 2.59. The Hall–Kier alpha value is -0.420. The van der Waals surface area contributed by atoms with Crippen LogP contribution in [0.2, 0.25) is 0 Å². The summed E-state index contributed by atoms with van der Waals surface area (Å²) in [4.78, 5) is 2.85. The maximum atomic E-state index is 3.81. The first kappa shape index (κ1) is 18.4. The monoisotopic (exact) mass is 482 g/mol. The second-order valence-electron chi connectivity index (χ2n) is 6.57. The number of thiophene rings is 2. The second-order valence-corrected chi connectivity index (χ2v) is 10.0. The summed E-state index contributed by atoms with van der Waals surface area (Å²) in [5.74, 6) is 1.15. The molecule has 0 aliphatic heterocycles. The molecule has 0 amide bonds. The van der Waals surface area contributed by atoms with Gasteiger partial charge >= 0.3 is 0 Å². The van der Waals surface area contributed by atoms with E-state index in [0.717, 1.165) is 8.95 Å². The van der Waals surface area contributed by atoms with Crippen LogP contribution in [-0.2, 0) is 0 Å². The smallest absolute Gasteiger partial charge is 0.0402 e. The summed E-state index contributed by atoms with van der Waals surface area (Å²) < 4.78 is 2.26. The molecule has 0 nitrogen and oxygen atoms in total. The highest BCUT2D eigenvalue weighted by Gasteiger charge is 2.15. The topological polar surface area (TPSA) is 0 Å². The number of hydrogen-bond donors (Lipinski definition) is 0. The van der Waals surface area contributed by atoms with Gasteiger partial charge in [-0.1, -0.05) is 39.8 Å². The average Bonchev–Trinajstić information content (AvgIpc) is 3.18. The van der Waals surface area contributed by atoms with Crippen LogP contribution < -0.4 is 0 Å². The minimum Gasteiger partial charge on any atom is -0.148 e. The van der Waals surface area contributed by atoms with E-state index in [1.54, 1.807) is 0 Å². The molecule has 1 aromatic carbocycles. The van der Waals surface area contributed by atoms with Crippen LogP contribution in [0.15, 0.2) is 44.0 Å². The lowest BCUT2D eigenvalue weighted by atomic mass is 10.0. The summed E-state index contributed by atoms with van der Waals surface area (Å²) in [6.07, 6.45) is 0. The van der Waals surface area contributed by atoms with Crippen LogP contribution in [0, 0.1) is 0 Å². The molecular weight excluding hydrogens is 464 g/mol. The van der Waals surface area contributed by atoms with E-state index in [0.29, 0.717) is 11.8 Å². The number of rotatable bonds is 4. The van der Waals surface area contributed by atoms with Gasteiger partial charge < -0.3 is 0 Å². The Morgan fingerprint density at radius 1 is 0.708 bits per heavy atom. The van der Waals surface area contributed by atoms with E-state index in [-0.39, 0.29) is 0 Å². The van der Waals surface area contributed by atoms with Crippen molar-refractivity contribution in [2.45, 2.75) is 39.5 Å². The zero-order valence-electron chi connectivity index (χ0n) is 14.2. The Labute approximate surface area is 169 Å². The van der Waals surface area contributed by atoms with Gasteiger partial charge in [-0.3, -0.25) is 0 Å². The van der Waals surface area contributed by atoms with Gasteiger partial charge in [-0.2, -0.15) is 0 Å². The molecule has 2 heterocycles. The van der Waals surface area contributed by atoms with Gasteiger partial charge in [0, 0.05) is 18.7 Å². The molecule has 24 heavy (non-hydrogen) atoms. The molecule has 3 aromatic rings. The number of halogens is 2. The van der Waals surface area contributed by atoms with E-state index in [9.17, 15) is 0 Å². The SMILES string of the molecule is CC(C)c1cc(-c2ccc(-c3csc(C(C)C)c3)c(Br)c2Br)cs1. The molecule has 0 saturated heterocycles. The lowest BCUT2D eigenvalue weighted by Gasteiger charge is -2.10. The summed E-state index contributed by atoms with van der Waals surface area (Å²) in [5.41, 5.74) is 5.06. The highest BCUT2D eigenvalue weighted by atomic mass is 79.9. The molecule has 3 rings (SSSR count). The van der Waals surface area contributed by atoms with Crippen LogP contribution in [0.1, 0.15) is 49.3 Å². The third-order valence-corrected chi connectivity index (χ3v) is 8.73. The minimum absolute atomic E-state index is 0.575. The molecule has 0 aliphatic carbocycles. The van der Waals surface area contributed by atoms with Crippen LogP contribution >= 0.6 is 54.5 Å². The summed E-state index contributed by atoms with van der Waals surface area (Å²) >= 11 is 11.3. The normalized spacial score (nSPS) is 11.7. The zero-order chi connectivity index (χ0) is 17.4. The lowest BCUT2D eigenvalue weighted by Crippen LogP contribution is -1.85. The van der Waals surface area contributed by atoms with Crippen molar-refractivity contribution in [2.75, 3.05) is 0 Å². The molecule has 0 N–H and O–H groups in total. The van der Waals surface area contributed by atoms with Gasteiger partial charge in [-0.05, 0) is 88.8 Å². The van der Waals surface area contributed by atoms with Crippen molar-refractivity contribution in [2.24, 2.45) is 0 Å². The quantitative estimate of drug-likeness (QED) is 0.347. The van der Waals surface area contributed by atoms with Crippen molar-refractivity contribution >= 4 is 54.5 Å². The van der Waals surface area contributed by atoms with Crippen LogP contribution in [0.3, 0.4) is 0 Å². The Kier molecular flexibility index (Phi) is 5.70. The third kappa shape index (κ3) is 3.57. The van der Waals surface area contributed by atoms with E-state index < -0.39 is 0 Å². The van der Waals surface area contributed by atoms with Crippen LogP contribution in [0.5, 0.6) is 0 Å². The molecule has 0 fully saturated rings. The third-order valence-electron chi connectivity index (χ3n) is 4.08. The van der Waals surface area contributed by atoms with Gasteiger partial charge in [-0.25, -0.2) is 0 Å². The van der Waals surface area contributed by atoms with Crippen molar-refractivity contribution in [3.63, 3.8) is 0 Å². The summed E-state index contributed by atoms with van der Waals surface area (Å²) in [7, 11) is 0. The Balaban J connectivity index is 2.01. The van der Waals surface area contributed by atoms with E-state index in [1.165, 1.54) is 32.0 Å². The van der Waals surface area contributed by atoms with Gasteiger partial charge in [0.05, 0.1) is 0 Å². The van der Waals surface area contributed by atoms with Gasteiger partial charge in [-0.15, -0.1) is 22.7 Å². The Morgan fingerprint density at radius 3 is 1.38 bits per heavy atom. The molecule has 0 radical (unpaired) electrons. The molecule has 4 heteroatoms. The van der Waals surface area contributed by atoms with Gasteiger partial charge in [0.1, 0.15) is 0 Å². The largest absolute Gasteiger partial charge is 0.148 e. The average molecular weight is 484 g/mol. The summed E-state index contributed by atoms with van der Waals surface area (Å²) in [6, 6.07) is 9.07. The fourth-order valence-corrected chi connectivity index (χ4v) is 5.59. The molecule has 126 valence electrons.